The summed E-state index contributed by atoms with van der Waals surface area (Å²) in [6.45, 7) is 7.12. The van der Waals surface area contributed by atoms with Gasteiger partial charge in [0, 0.05) is 0 Å². The van der Waals surface area contributed by atoms with E-state index in [1.807, 2.05) is 0 Å². The normalized spacial score (nSPS) is 12.6. The molecule has 0 bridgehead atoms. The third-order valence-corrected chi connectivity index (χ3v) is 2.41. The summed E-state index contributed by atoms with van der Waals surface area (Å²) in [4.78, 5) is 0. The van der Waals surface area contributed by atoms with Gasteiger partial charge in [0.05, 0.1) is 17.2 Å². The lowest BCUT2D eigenvalue weighted by Crippen LogP contribution is -2.37. The summed E-state index contributed by atoms with van der Waals surface area (Å²) >= 11 is 0. The molecule has 3 nitrogen and oxygen atoms in total. The fraction of sp³-hybridized carbons (Fsp3) is 0.545. The summed E-state index contributed by atoms with van der Waals surface area (Å²) in [7, 11) is 0. The fourth-order valence-electron chi connectivity index (χ4n) is 1.02. The molecule has 0 aliphatic heterocycles. The highest BCUT2D eigenvalue weighted by Gasteiger charge is 2.48. The molecule has 6 heteroatoms. The van der Waals surface area contributed by atoms with Crippen LogP contribution in [0.2, 0.25) is 0 Å². The van der Waals surface area contributed by atoms with Gasteiger partial charge in [-0.2, -0.15) is 18.3 Å². The summed E-state index contributed by atoms with van der Waals surface area (Å²) in [6.07, 6.45) is -2.84. The van der Waals surface area contributed by atoms with Crippen LogP contribution < -0.4 is 4.74 Å². The van der Waals surface area contributed by atoms with E-state index in [-0.39, 0.29) is 5.88 Å². The summed E-state index contributed by atoms with van der Waals surface area (Å²) in [5.41, 5.74) is -0.647. The molecule has 1 aromatic rings. The van der Waals surface area contributed by atoms with Gasteiger partial charge < -0.3 is 4.74 Å². The maximum Gasteiger partial charge on any atom is 0.397 e. The first-order chi connectivity index (χ1) is 7.65. The van der Waals surface area contributed by atoms with Crippen molar-refractivity contribution in [1.82, 2.24) is 10.2 Å². The van der Waals surface area contributed by atoms with Crippen molar-refractivity contribution in [2.75, 3.05) is 6.61 Å². The molecule has 0 fully saturated rings. The van der Waals surface area contributed by atoms with E-state index in [0.717, 1.165) is 13.8 Å². The van der Waals surface area contributed by atoms with Gasteiger partial charge in [-0.3, -0.25) is 0 Å². The molecule has 0 amide bonds. The fourth-order valence-corrected chi connectivity index (χ4v) is 1.02. The molecular weight excluding hydrogens is 233 g/mol. The molecule has 1 heterocycles. The highest BCUT2D eigenvalue weighted by molar-refractivity contribution is 5.64. The first kappa shape index (κ1) is 13.6. The van der Waals surface area contributed by atoms with Crippen molar-refractivity contribution in [1.29, 1.82) is 0 Å². The number of hydrogen-bond donors (Lipinski definition) is 1. The molecule has 1 rings (SSSR count). The predicted molar refractivity (Wildman–Crippen MR) is 58.6 cm³/mol. The van der Waals surface area contributed by atoms with Crippen LogP contribution in [0.5, 0.6) is 5.88 Å². The van der Waals surface area contributed by atoms with E-state index >= 15 is 0 Å². The van der Waals surface area contributed by atoms with Crippen molar-refractivity contribution < 1.29 is 17.9 Å². The van der Waals surface area contributed by atoms with E-state index < -0.39 is 18.2 Å². The van der Waals surface area contributed by atoms with Crippen LogP contribution in [0, 0.1) is 5.41 Å². The van der Waals surface area contributed by atoms with E-state index in [1.165, 1.54) is 6.20 Å². The van der Waals surface area contributed by atoms with E-state index in [9.17, 15) is 13.2 Å². The molecule has 0 saturated carbocycles. The van der Waals surface area contributed by atoms with E-state index in [4.69, 9.17) is 4.74 Å². The van der Waals surface area contributed by atoms with Crippen molar-refractivity contribution in [3.63, 3.8) is 0 Å². The Labute approximate surface area is 97.7 Å². The molecule has 0 aliphatic rings. The Balaban J connectivity index is 2.74. The third kappa shape index (κ3) is 3.01. The highest BCUT2D eigenvalue weighted by Crippen LogP contribution is 2.38. The molecular formula is C11H15F3N2O. The van der Waals surface area contributed by atoms with Gasteiger partial charge in [0.25, 0.3) is 0 Å². The molecule has 1 N–H and O–H groups in total. The molecule has 0 aliphatic carbocycles. The van der Waals surface area contributed by atoms with Crippen LogP contribution in [0.4, 0.5) is 13.2 Å². The number of hydrogen-bond acceptors (Lipinski definition) is 2. The minimum atomic E-state index is -4.31. The molecule has 0 radical (unpaired) electrons. The molecule has 0 saturated heterocycles. The maximum absolute atomic E-state index is 12.6. The monoisotopic (exact) mass is 248 g/mol. The van der Waals surface area contributed by atoms with Crippen LogP contribution in [0.1, 0.15) is 26.3 Å². The molecule has 0 unspecified atom stereocenters. The van der Waals surface area contributed by atoms with Crippen molar-refractivity contribution in [3.8, 4) is 5.88 Å². The van der Waals surface area contributed by atoms with Gasteiger partial charge in [-0.05, 0) is 26.3 Å². The lowest BCUT2D eigenvalue weighted by atomic mass is 9.94. The lowest BCUT2D eigenvalue weighted by molar-refractivity contribution is -0.219. The number of alkyl halides is 3. The zero-order valence-corrected chi connectivity index (χ0v) is 9.98. The first-order valence-corrected chi connectivity index (χ1v) is 5.04. The number of rotatable bonds is 4. The summed E-state index contributed by atoms with van der Waals surface area (Å²) in [5.74, 6) is 0.217. The topological polar surface area (TPSA) is 37.9 Å². The van der Waals surface area contributed by atoms with Gasteiger partial charge in [-0.25, -0.2) is 5.10 Å². The number of aromatic nitrogens is 2. The number of aromatic amines is 1. The number of H-pyrrole nitrogens is 1. The first-order valence-electron chi connectivity index (χ1n) is 5.04. The second-order valence-corrected chi connectivity index (χ2v) is 4.56. The van der Waals surface area contributed by atoms with Crippen molar-refractivity contribution in [2.24, 2.45) is 5.41 Å². The second-order valence-electron chi connectivity index (χ2n) is 4.56. The second kappa shape index (κ2) is 4.43. The summed E-state index contributed by atoms with van der Waals surface area (Å²) in [6, 6.07) is 0. The minimum Gasteiger partial charge on any atom is -0.477 e. The van der Waals surface area contributed by atoms with Crippen LogP contribution in [0.15, 0.2) is 12.8 Å². The Morgan fingerprint density at radius 3 is 2.53 bits per heavy atom. The van der Waals surface area contributed by atoms with Gasteiger partial charge in [0.2, 0.25) is 5.88 Å². The van der Waals surface area contributed by atoms with E-state index in [1.54, 1.807) is 6.92 Å². The molecule has 0 atom stereocenters. The van der Waals surface area contributed by atoms with Crippen LogP contribution >= 0.6 is 0 Å². The van der Waals surface area contributed by atoms with Gasteiger partial charge in [0.15, 0.2) is 0 Å². The van der Waals surface area contributed by atoms with Gasteiger partial charge in [-0.1, -0.05) is 6.58 Å². The smallest absolute Gasteiger partial charge is 0.397 e. The molecule has 1 aromatic heterocycles. The Morgan fingerprint density at radius 1 is 1.47 bits per heavy atom. The highest BCUT2D eigenvalue weighted by atomic mass is 19.4. The van der Waals surface area contributed by atoms with Gasteiger partial charge in [0.1, 0.15) is 6.61 Å². The predicted octanol–water partition coefficient (Wildman–Crippen LogP) is 3.41. The van der Waals surface area contributed by atoms with Crippen molar-refractivity contribution >= 4 is 5.57 Å². The standard InChI is InChI=1S/C11H15F3N2O/c1-7(2)8-5-15-16-9(8)17-6-10(3,4)11(12,13)14/h5H,1,6H2,2-4H3,(H,15,16). The average Bonchev–Trinajstić information content (AvgIpc) is 2.60. The van der Waals surface area contributed by atoms with Gasteiger partial charge >= 0.3 is 6.18 Å². The minimum absolute atomic E-state index is 0.217. The Hall–Kier alpha value is -1.46. The van der Waals surface area contributed by atoms with E-state index in [0.29, 0.717) is 11.1 Å². The van der Waals surface area contributed by atoms with Crippen LogP contribution in [-0.4, -0.2) is 23.0 Å². The zero-order valence-electron chi connectivity index (χ0n) is 9.98. The number of ether oxygens (including phenoxy) is 1. The number of nitrogens with one attached hydrogen (secondary N) is 1. The molecule has 96 valence electrons. The van der Waals surface area contributed by atoms with Crippen molar-refractivity contribution in [3.05, 3.63) is 18.3 Å². The molecule has 0 spiro atoms. The number of nitrogens with zero attached hydrogens (tertiary/aromatic N) is 1. The largest absolute Gasteiger partial charge is 0.477 e. The van der Waals surface area contributed by atoms with Gasteiger partial charge in [-0.15, -0.1) is 0 Å². The van der Waals surface area contributed by atoms with Crippen LogP contribution in [0.25, 0.3) is 5.57 Å². The summed E-state index contributed by atoms with van der Waals surface area (Å²) in [5, 5.41) is 6.22. The third-order valence-electron chi connectivity index (χ3n) is 2.41. The number of allylic oxidation sites excluding steroid dienone is 1. The number of halogens is 3. The molecule has 17 heavy (non-hydrogen) atoms. The molecule has 0 aromatic carbocycles. The Morgan fingerprint density at radius 2 is 2.06 bits per heavy atom. The van der Waals surface area contributed by atoms with Crippen molar-refractivity contribution in [2.45, 2.75) is 26.9 Å². The quantitative estimate of drug-likeness (QED) is 0.886. The maximum atomic E-state index is 12.6. The summed E-state index contributed by atoms with van der Waals surface area (Å²) < 4.78 is 42.9. The SMILES string of the molecule is C=C(C)c1cn[nH]c1OCC(C)(C)C(F)(F)F. The average molecular weight is 248 g/mol. The van der Waals surface area contributed by atoms with Crippen LogP contribution in [0.3, 0.4) is 0 Å². The Kier molecular flexibility index (Phi) is 3.54. The zero-order chi connectivity index (χ0) is 13.3. The van der Waals surface area contributed by atoms with Crippen LogP contribution in [-0.2, 0) is 0 Å². The lowest BCUT2D eigenvalue weighted by Gasteiger charge is -2.27. The van der Waals surface area contributed by atoms with E-state index in [2.05, 4.69) is 16.8 Å². The Bertz CT molecular complexity index is 407.